The molecule has 0 fully saturated rings. The summed E-state index contributed by atoms with van der Waals surface area (Å²) in [5.74, 6) is 3.76. The van der Waals surface area contributed by atoms with Crippen molar-refractivity contribution in [2.75, 3.05) is 17.8 Å². The van der Waals surface area contributed by atoms with Crippen molar-refractivity contribution in [1.29, 1.82) is 0 Å². The van der Waals surface area contributed by atoms with E-state index in [-0.39, 0.29) is 17.1 Å². The first-order valence-electron chi connectivity index (χ1n) is 10.3. The molecule has 2 rings (SSSR count). The van der Waals surface area contributed by atoms with Crippen molar-refractivity contribution in [2.45, 2.75) is 77.2 Å². The van der Waals surface area contributed by atoms with E-state index < -0.39 is 17.7 Å². The molecule has 0 aliphatic heterocycles. The Labute approximate surface area is 192 Å². The van der Waals surface area contributed by atoms with Gasteiger partial charge in [-0.3, -0.25) is 0 Å². The molecule has 9 nitrogen and oxygen atoms in total. The number of nitrogens with zero attached hydrogens (tertiary/aromatic N) is 4. The molecule has 2 atom stereocenters. The van der Waals surface area contributed by atoms with Gasteiger partial charge in [-0.15, -0.1) is 11.8 Å². The van der Waals surface area contributed by atoms with Gasteiger partial charge in [0.25, 0.3) is 0 Å². The van der Waals surface area contributed by atoms with Crippen molar-refractivity contribution in [3.05, 3.63) is 23.4 Å². The molecule has 0 saturated carbocycles. The standard InChI is InChI=1S/C20H33N5O4S2/c1-11(2)15-22-17(28-24-15)13(21-19(26)27-20(5,6)7)9-31-14(10-30-8)18-23-16(12(3)4)25-29-18/h11-14H,9-10H2,1-8H3,(H,21,26)/t13-,14+/m0/s1. The Kier molecular flexibility index (Phi) is 9.23. The maximum Gasteiger partial charge on any atom is 0.408 e. The summed E-state index contributed by atoms with van der Waals surface area (Å²) in [5.41, 5.74) is -0.613. The van der Waals surface area contributed by atoms with Crippen LogP contribution in [-0.4, -0.2) is 49.7 Å². The number of alkyl carbamates (subject to hydrolysis) is 1. The average molecular weight is 472 g/mol. The fourth-order valence-corrected chi connectivity index (χ4v) is 4.54. The van der Waals surface area contributed by atoms with Gasteiger partial charge >= 0.3 is 6.09 Å². The first-order chi connectivity index (χ1) is 14.5. The van der Waals surface area contributed by atoms with Crippen molar-refractivity contribution in [1.82, 2.24) is 25.6 Å². The highest BCUT2D eigenvalue weighted by molar-refractivity contribution is 8.02. The summed E-state index contributed by atoms with van der Waals surface area (Å²) in [5, 5.41) is 10.9. The van der Waals surface area contributed by atoms with Crippen molar-refractivity contribution < 1.29 is 18.6 Å². The minimum absolute atomic E-state index is 0.0366. The summed E-state index contributed by atoms with van der Waals surface area (Å²) in [6.45, 7) is 13.5. The number of hydrogen-bond donors (Lipinski definition) is 1. The van der Waals surface area contributed by atoms with Crippen molar-refractivity contribution in [2.24, 2.45) is 0 Å². The lowest BCUT2D eigenvalue weighted by atomic mass is 10.2. The van der Waals surface area contributed by atoms with Crippen LogP contribution in [-0.2, 0) is 4.74 Å². The number of rotatable bonds is 10. The number of carbonyl (C=O) groups is 1. The monoisotopic (exact) mass is 471 g/mol. The number of thioether (sulfide) groups is 2. The molecule has 0 bridgehead atoms. The largest absolute Gasteiger partial charge is 0.444 e. The molecule has 2 aromatic rings. The first-order valence-corrected chi connectivity index (χ1v) is 12.7. The Morgan fingerprint density at radius 3 is 2.03 bits per heavy atom. The van der Waals surface area contributed by atoms with Crippen LogP contribution in [0.25, 0.3) is 0 Å². The van der Waals surface area contributed by atoms with Crippen LogP contribution in [0.4, 0.5) is 4.79 Å². The Bertz CT molecular complexity index is 832. The topological polar surface area (TPSA) is 116 Å². The van der Waals surface area contributed by atoms with Gasteiger partial charge in [0.15, 0.2) is 11.6 Å². The Hall–Kier alpha value is -1.75. The average Bonchev–Trinajstić information content (AvgIpc) is 3.32. The van der Waals surface area contributed by atoms with Gasteiger partial charge in [0.05, 0.1) is 5.25 Å². The lowest BCUT2D eigenvalue weighted by Gasteiger charge is -2.22. The predicted molar refractivity (Wildman–Crippen MR) is 122 cm³/mol. The smallest absolute Gasteiger partial charge is 0.408 e. The fourth-order valence-electron chi connectivity index (χ4n) is 2.41. The third-order valence-corrected chi connectivity index (χ3v) is 6.17. The zero-order valence-corrected chi connectivity index (χ0v) is 21.1. The number of amides is 1. The van der Waals surface area contributed by atoms with E-state index in [0.717, 1.165) is 5.75 Å². The summed E-state index contributed by atoms with van der Waals surface area (Å²) in [6, 6.07) is -0.517. The van der Waals surface area contributed by atoms with E-state index in [1.54, 1.807) is 23.5 Å². The molecule has 0 aliphatic carbocycles. The van der Waals surface area contributed by atoms with E-state index in [9.17, 15) is 4.79 Å². The van der Waals surface area contributed by atoms with E-state index in [1.165, 1.54) is 0 Å². The molecule has 2 aromatic heterocycles. The van der Waals surface area contributed by atoms with E-state index in [4.69, 9.17) is 13.8 Å². The predicted octanol–water partition coefficient (Wildman–Crippen LogP) is 5.10. The molecule has 31 heavy (non-hydrogen) atoms. The molecule has 0 unspecified atom stereocenters. The van der Waals surface area contributed by atoms with Crippen LogP contribution in [0.2, 0.25) is 0 Å². The second-order valence-corrected chi connectivity index (χ2v) is 10.9. The number of carbonyl (C=O) groups excluding carboxylic acids is 1. The van der Waals surface area contributed by atoms with E-state index >= 15 is 0 Å². The molecular weight excluding hydrogens is 438 g/mol. The fraction of sp³-hybridized carbons (Fsp3) is 0.750. The van der Waals surface area contributed by atoms with Crippen LogP contribution in [0.5, 0.6) is 0 Å². The van der Waals surface area contributed by atoms with Gasteiger partial charge in [-0.1, -0.05) is 38.0 Å². The lowest BCUT2D eigenvalue weighted by Crippen LogP contribution is -2.36. The molecular formula is C20H33N5O4S2. The Balaban J connectivity index is 2.17. The van der Waals surface area contributed by atoms with Crippen molar-refractivity contribution >= 4 is 29.6 Å². The number of hydrogen-bond acceptors (Lipinski definition) is 10. The second kappa shape index (κ2) is 11.2. The molecule has 0 radical (unpaired) electrons. The Morgan fingerprint density at radius 2 is 1.55 bits per heavy atom. The minimum atomic E-state index is -0.613. The highest BCUT2D eigenvalue weighted by Crippen LogP contribution is 2.34. The van der Waals surface area contributed by atoms with Gasteiger partial charge in [0, 0.05) is 23.3 Å². The molecule has 11 heteroatoms. The van der Waals surface area contributed by atoms with Crippen LogP contribution < -0.4 is 5.32 Å². The Morgan fingerprint density at radius 1 is 1.00 bits per heavy atom. The lowest BCUT2D eigenvalue weighted by molar-refractivity contribution is 0.0500. The SMILES string of the molecule is CSC[C@@H](SC[C@H](NC(=O)OC(C)(C)C)c1nc(C(C)C)no1)c1nc(C(C)C)no1. The maximum atomic E-state index is 12.4. The van der Waals surface area contributed by atoms with Gasteiger partial charge in [-0.05, 0) is 27.0 Å². The van der Waals surface area contributed by atoms with Gasteiger partial charge in [0.2, 0.25) is 11.8 Å². The van der Waals surface area contributed by atoms with Gasteiger partial charge in [-0.2, -0.15) is 21.7 Å². The third-order valence-electron chi connectivity index (χ3n) is 3.99. The molecule has 0 aliphatic rings. The van der Waals surface area contributed by atoms with Crippen LogP contribution in [0.1, 0.15) is 95.0 Å². The number of aromatic nitrogens is 4. The van der Waals surface area contributed by atoms with E-state index in [1.807, 2.05) is 54.7 Å². The summed E-state index contributed by atoms with van der Waals surface area (Å²) in [6.07, 6.45) is 1.49. The molecule has 0 saturated heterocycles. The van der Waals surface area contributed by atoms with Crippen LogP contribution in [0.15, 0.2) is 9.05 Å². The highest BCUT2D eigenvalue weighted by Gasteiger charge is 2.28. The minimum Gasteiger partial charge on any atom is -0.444 e. The van der Waals surface area contributed by atoms with Crippen LogP contribution in [0.3, 0.4) is 0 Å². The van der Waals surface area contributed by atoms with Crippen LogP contribution in [0, 0.1) is 0 Å². The number of ether oxygens (including phenoxy) is 1. The molecule has 0 spiro atoms. The number of nitrogens with one attached hydrogen (secondary N) is 1. The van der Waals surface area contributed by atoms with E-state index in [2.05, 4.69) is 25.6 Å². The van der Waals surface area contributed by atoms with Crippen molar-refractivity contribution in [3.8, 4) is 0 Å². The zero-order chi connectivity index (χ0) is 23.2. The zero-order valence-electron chi connectivity index (χ0n) is 19.5. The van der Waals surface area contributed by atoms with Gasteiger partial charge in [0.1, 0.15) is 11.6 Å². The third kappa shape index (κ3) is 8.03. The van der Waals surface area contributed by atoms with Gasteiger partial charge in [-0.25, -0.2) is 4.79 Å². The maximum absolute atomic E-state index is 12.4. The van der Waals surface area contributed by atoms with Crippen LogP contribution >= 0.6 is 23.5 Å². The van der Waals surface area contributed by atoms with E-state index in [0.29, 0.717) is 29.2 Å². The highest BCUT2D eigenvalue weighted by atomic mass is 32.2. The summed E-state index contributed by atoms with van der Waals surface area (Å²) in [7, 11) is 0. The summed E-state index contributed by atoms with van der Waals surface area (Å²) >= 11 is 3.28. The quantitative estimate of drug-likeness (QED) is 0.501. The molecule has 0 aromatic carbocycles. The summed E-state index contributed by atoms with van der Waals surface area (Å²) < 4.78 is 16.4. The normalized spacial score (nSPS) is 14.1. The van der Waals surface area contributed by atoms with Crippen molar-refractivity contribution in [3.63, 3.8) is 0 Å². The second-order valence-electron chi connectivity index (χ2n) is 8.77. The molecule has 174 valence electrons. The molecule has 1 amide bonds. The molecule has 1 N–H and O–H groups in total. The van der Waals surface area contributed by atoms with Gasteiger partial charge < -0.3 is 19.1 Å². The molecule has 2 heterocycles. The summed E-state index contributed by atoms with van der Waals surface area (Å²) in [4.78, 5) is 21.4. The first kappa shape index (κ1) is 25.5.